The maximum absolute atomic E-state index is 12.7. The lowest BCUT2D eigenvalue weighted by atomic mass is 10.2. The van der Waals surface area contributed by atoms with E-state index in [0.29, 0.717) is 26.1 Å². The molecule has 1 atom stereocenters. The maximum Gasteiger partial charge on any atom is 0.320 e. The van der Waals surface area contributed by atoms with E-state index in [9.17, 15) is 9.59 Å². The first-order valence-corrected chi connectivity index (χ1v) is 8.56. The topological polar surface area (TPSA) is 61.7 Å². The van der Waals surface area contributed by atoms with Crippen molar-refractivity contribution >= 4 is 11.9 Å². The lowest BCUT2D eigenvalue weighted by molar-refractivity contribution is -0.128. The average Bonchev–Trinajstić information content (AvgIpc) is 3.28. The van der Waals surface area contributed by atoms with Gasteiger partial charge in [-0.05, 0) is 25.3 Å². The fourth-order valence-electron chi connectivity index (χ4n) is 3.93. The van der Waals surface area contributed by atoms with Crippen LogP contribution in [0.3, 0.4) is 0 Å². The van der Waals surface area contributed by atoms with Crippen molar-refractivity contribution in [3.8, 4) is 0 Å². The number of hydrogen-bond acceptors (Lipinski definition) is 3. The molecule has 3 amide bonds. The Morgan fingerprint density at radius 3 is 2.74 bits per heavy atom. The predicted octanol–water partition coefficient (Wildman–Crippen LogP) is 1.08. The van der Waals surface area contributed by atoms with Crippen LogP contribution in [0, 0.1) is 0 Å². The van der Waals surface area contributed by atoms with Gasteiger partial charge in [-0.15, -0.1) is 0 Å². The molecule has 7 heteroatoms. The van der Waals surface area contributed by atoms with Gasteiger partial charge in [-0.25, -0.2) is 4.79 Å². The highest BCUT2D eigenvalue weighted by Crippen LogP contribution is 2.25. The van der Waals surface area contributed by atoms with Crippen molar-refractivity contribution in [1.82, 2.24) is 24.5 Å². The fraction of sp³-hybridized carbons (Fsp3) is 0.688. The van der Waals surface area contributed by atoms with Gasteiger partial charge in [0.05, 0.1) is 18.3 Å². The first kappa shape index (κ1) is 14.5. The monoisotopic (exact) mass is 317 g/mol. The Morgan fingerprint density at radius 1 is 1.17 bits per heavy atom. The van der Waals surface area contributed by atoms with E-state index in [1.54, 1.807) is 6.20 Å². The number of likely N-dealkylation sites (tertiary alicyclic amines) is 2. The zero-order chi connectivity index (χ0) is 15.8. The zero-order valence-corrected chi connectivity index (χ0v) is 13.4. The van der Waals surface area contributed by atoms with Gasteiger partial charge in [0.1, 0.15) is 0 Å². The van der Waals surface area contributed by atoms with Crippen molar-refractivity contribution in [2.45, 2.75) is 38.3 Å². The predicted molar refractivity (Wildman–Crippen MR) is 83.7 cm³/mol. The Bertz CT molecular complexity index is 607. The quantitative estimate of drug-likeness (QED) is 0.820. The standard InChI is InChI=1S/C16H23N5O2/c22-15-4-3-9-19(15)11-14-12-20(10-13-5-6-17-21(13)14)16(23)18-7-1-2-8-18/h5-6,14H,1-4,7-12H2. The molecule has 0 saturated carbocycles. The summed E-state index contributed by atoms with van der Waals surface area (Å²) in [4.78, 5) is 30.4. The molecule has 1 aromatic rings. The van der Waals surface area contributed by atoms with Crippen molar-refractivity contribution in [3.63, 3.8) is 0 Å². The largest absolute Gasteiger partial charge is 0.340 e. The molecule has 2 saturated heterocycles. The van der Waals surface area contributed by atoms with Crippen LogP contribution in [0.5, 0.6) is 0 Å². The lowest BCUT2D eigenvalue weighted by Gasteiger charge is -2.37. The van der Waals surface area contributed by atoms with Gasteiger partial charge in [-0.3, -0.25) is 9.48 Å². The van der Waals surface area contributed by atoms with E-state index in [-0.39, 0.29) is 18.0 Å². The highest BCUT2D eigenvalue weighted by Gasteiger charge is 2.34. The molecule has 4 rings (SSSR count). The van der Waals surface area contributed by atoms with Crippen molar-refractivity contribution in [2.75, 3.05) is 32.7 Å². The van der Waals surface area contributed by atoms with Crippen LogP contribution < -0.4 is 0 Å². The highest BCUT2D eigenvalue weighted by molar-refractivity contribution is 5.78. The molecule has 2 fully saturated rings. The molecule has 1 aromatic heterocycles. The van der Waals surface area contributed by atoms with Crippen LogP contribution in [-0.2, 0) is 11.3 Å². The van der Waals surface area contributed by atoms with E-state index in [4.69, 9.17) is 0 Å². The Labute approximate surface area is 135 Å². The normalized spacial score (nSPS) is 24.4. The maximum atomic E-state index is 12.7. The molecule has 1 unspecified atom stereocenters. The second kappa shape index (κ2) is 5.86. The third kappa shape index (κ3) is 2.68. The Hall–Kier alpha value is -2.05. The summed E-state index contributed by atoms with van der Waals surface area (Å²) in [5, 5.41) is 4.42. The van der Waals surface area contributed by atoms with E-state index in [1.807, 2.05) is 25.4 Å². The number of urea groups is 1. The second-order valence-corrected chi connectivity index (χ2v) is 6.72. The molecule has 0 spiro atoms. The van der Waals surface area contributed by atoms with Crippen LogP contribution in [0.1, 0.15) is 37.4 Å². The van der Waals surface area contributed by atoms with Crippen molar-refractivity contribution in [1.29, 1.82) is 0 Å². The zero-order valence-electron chi connectivity index (χ0n) is 13.4. The number of hydrogen-bond donors (Lipinski definition) is 0. The van der Waals surface area contributed by atoms with Gasteiger partial charge in [0, 0.05) is 45.3 Å². The number of rotatable bonds is 2. The number of carbonyl (C=O) groups is 2. The summed E-state index contributed by atoms with van der Waals surface area (Å²) in [6.07, 6.45) is 5.58. The summed E-state index contributed by atoms with van der Waals surface area (Å²) in [6, 6.07) is 2.16. The van der Waals surface area contributed by atoms with Gasteiger partial charge in [-0.1, -0.05) is 0 Å². The minimum Gasteiger partial charge on any atom is -0.340 e. The number of aromatic nitrogens is 2. The summed E-state index contributed by atoms with van der Waals surface area (Å²) < 4.78 is 2.00. The minimum absolute atomic E-state index is 0.0577. The smallest absolute Gasteiger partial charge is 0.320 e. The Kier molecular flexibility index (Phi) is 3.71. The molecule has 3 aliphatic rings. The van der Waals surface area contributed by atoms with E-state index in [1.165, 1.54) is 0 Å². The molecule has 124 valence electrons. The van der Waals surface area contributed by atoms with E-state index >= 15 is 0 Å². The molecule has 0 N–H and O–H groups in total. The molecule has 23 heavy (non-hydrogen) atoms. The molecule has 4 heterocycles. The molecule has 0 aliphatic carbocycles. The van der Waals surface area contributed by atoms with Crippen molar-refractivity contribution in [3.05, 3.63) is 18.0 Å². The van der Waals surface area contributed by atoms with Crippen LogP contribution in [0.15, 0.2) is 12.3 Å². The molecule has 0 bridgehead atoms. The van der Waals surface area contributed by atoms with Gasteiger partial charge < -0.3 is 14.7 Å². The fourth-order valence-corrected chi connectivity index (χ4v) is 3.93. The number of nitrogens with zero attached hydrogens (tertiary/aromatic N) is 5. The first-order valence-electron chi connectivity index (χ1n) is 8.56. The van der Waals surface area contributed by atoms with E-state index < -0.39 is 0 Å². The summed E-state index contributed by atoms with van der Waals surface area (Å²) in [7, 11) is 0. The molecular formula is C16H23N5O2. The van der Waals surface area contributed by atoms with Crippen LogP contribution in [0.25, 0.3) is 0 Å². The first-order chi connectivity index (χ1) is 11.2. The summed E-state index contributed by atoms with van der Waals surface area (Å²) in [6.45, 7) is 4.45. The molecule has 0 aromatic carbocycles. The molecular weight excluding hydrogens is 294 g/mol. The summed E-state index contributed by atoms with van der Waals surface area (Å²) in [5.41, 5.74) is 1.06. The minimum atomic E-state index is 0.0577. The number of fused-ring (bicyclic) bond motifs is 1. The van der Waals surface area contributed by atoms with E-state index in [2.05, 4.69) is 5.10 Å². The molecule has 0 radical (unpaired) electrons. The van der Waals surface area contributed by atoms with Gasteiger partial charge in [-0.2, -0.15) is 5.10 Å². The molecule has 3 aliphatic heterocycles. The Balaban J connectivity index is 1.51. The van der Waals surface area contributed by atoms with Crippen LogP contribution >= 0.6 is 0 Å². The lowest BCUT2D eigenvalue weighted by Crippen LogP contribution is -2.49. The van der Waals surface area contributed by atoms with Gasteiger partial charge in [0.2, 0.25) is 5.91 Å². The van der Waals surface area contributed by atoms with Gasteiger partial charge in [0.15, 0.2) is 0 Å². The third-order valence-electron chi connectivity index (χ3n) is 5.13. The highest BCUT2D eigenvalue weighted by atomic mass is 16.2. The van der Waals surface area contributed by atoms with Crippen LogP contribution in [0.4, 0.5) is 4.79 Å². The summed E-state index contributed by atoms with van der Waals surface area (Å²) in [5.74, 6) is 0.224. The van der Waals surface area contributed by atoms with E-state index in [0.717, 1.165) is 44.6 Å². The molecule has 7 nitrogen and oxygen atoms in total. The van der Waals surface area contributed by atoms with Crippen molar-refractivity contribution < 1.29 is 9.59 Å². The number of amides is 3. The SMILES string of the molecule is O=C1CCCN1CC1CN(C(=O)N2CCCC2)Cc2ccnn21. The van der Waals surface area contributed by atoms with Gasteiger partial charge in [0.25, 0.3) is 0 Å². The van der Waals surface area contributed by atoms with Crippen LogP contribution in [0.2, 0.25) is 0 Å². The second-order valence-electron chi connectivity index (χ2n) is 6.72. The van der Waals surface area contributed by atoms with Crippen molar-refractivity contribution in [2.24, 2.45) is 0 Å². The third-order valence-corrected chi connectivity index (χ3v) is 5.13. The van der Waals surface area contributed by atoms with Crippen LogP contribution in [-0.4, -0.2) is 69.1 Å². The average molecular weight is 317 g/mol. The Morgan fingerprint density at radius 2 is 2.00 bits per heavy atom. The van der Waals surface area contributed by atoms with Gasteiger partial charge >= 0.3 is 6.03 Å². The summed E-state index contributed by atoms with van der Waals surface area (Å²) >= 11 is 0. The number of carbonyl (C=O) groups excluding carboxylic acids is 2.